The number of carbonyl (C=O) groups excluding carboxylic acids is 1. The number of aryl methyl sites for hydroxylation is 1. The van der Waals surface area contributed by atoms with Gasteiger partial charge in [0.15, 0.2) is 0 Å². The second kappa shape index (κ2) is 10.3. The summed E-state index contributed by atoms with van der Waals surface area (Å²) in [7, 11) is -1.05. The van der Waals surface area contributed by atoms with Crippen LogP contribution in [0.2, 0.25) is 5.02 Å². The molecule has 3 rings (SSSR count). The standard InChI is InChI=1S/C22H26ClN3O5S2/c1-12(2)8-18(22(27)25-17-10-15(23)19(30-4)11-20(17)31-5)26-33(28,29)14-6-7-16-21(9-14)32-13(3)24-16/h6-7,9-12,18,26H,8H2,1-5H3,(H,25,27)/t18-/m0/s1. The molecule has 0 aliphatic heterocycles. The van der Waals surface area contributed by atoms with Crippen LogP contribution in [0.1, 0.15) is 25.3 Å². The zero-order valence-electron chi connectivity index (χ0n) is 18.9. The van der Waals surface area contributed by atoms with Crippen LogP contribution in [0.3, 0.4) is 0 Å². The zero-order valence-corrected chi connectivity index (χ0v) is 21.3. The third kappa shape index (κ3) is 5.94. The number of halogens is 1. The Hall–Kier alpha value is -2.40. The normalized spacial score (nSPS) is 12.7. The Morgan fingerprint density at radius 3 is 2.48 bits per heavy atom. The summed E-state index contributed by atoms with van der Waals surface area (Å²) in [4.78, 5) is 17.6. The smallest absolute Gasteiger partial charge is 0.242 e. The predicted octanol–water partition coefficient (Wildman–Crippen LogP) is 4.61. The molecule has 0 spiro atoms. The molecule has 0 bridgehead atoms. The van der Waals surface area contributed by atoms with Gasteiger partial charge in [-0.3, -0.25) is 4.79 Å². The Morgan fingerprint density at radius 2 is 1.85 bits per heavy atom. The van der Waals surface area contributed by atoms with Gasteiger partial charge in [0.2, 0.25) is 15.9 Å². The Labute approximate surface area is 202 Å². The number of benzene rings is 2. The van der Waals surface area contributed by atoms with Crippen molar-refractivity contribution >= 4 is 54.8 Å². The Bertz CT molecular complexity index is 1270. The van der Waals surface area contributed by atoms with Gasteiger partial charge >= 0.3 is 0 Å². The first-order valence-electron chi connectivity index (χ1n) is 10.2. The van der Waals surface area contributed by atoms with E-state index in [4.69, 9.17) is 21.1 Å². The molecule has 1 heterocycles. The van der Waals surface area contributed by atoms with Crippen LogP contribution in [0.5, 0.6) is 11.5 Å². The van der Waals surface area contributed by atoms with Gasteiger partial charge in [-0.15, -0.1) is 11.3 Å². The van der Waals surface area contributed by atoms with Gasteiger partial charge in [-0.1, -0.05) is 25.4 Å². The van der Waals surface area contributed by atoms with E-state index >= 15 is 0 Å². The molecular weight excluding hydrogens is 486 g/mol. The Morgan fingerprint density at radius 1 is 1.15 bits per heavy atom. The molecular formula is C22H26ClN3O5S2. The lowest BCUT2D eigenvalue weighted by Crippen LogP contribution is -2.44. The Balaban J connectivity index is 1.88. The maximum Gasteiger partial charge on any atom is 0.242 e. The van der Waals surface area contributed by atoms with Crippen LogP contribution in [0, 0.1) is 12.8 Å². The number of methoxy groups -OCH3 is 2. The van der Waals surface area contributed by atoms with Gasteiger partial charge in [0.25, 0.3) is 0 Å². The Kier molecular flexibility index (Phi) is 7.84. The lowest BCUT2D eigenvalue weighted by Gasteiger charge is -2.21. The van der Waals surface area contributed by atoms with Gasteiger partial charge in [-0.25, -0.2) is 13.4 Å². The lowest BCUT2D eigenvalue weighted by molar-refractivity contribution is -0.118. The minimum absolute atomic E-state index is 0.0522. The molecule has 0 radical (unpaired) electrons. The van der Waals surface area contributed by atoms with Crippen molar-refractivity contribution in [2.24, 2.45) is 5.92 Å². The quantitative estimate of drug-likeness (QED) is 0.434. The minimum atomic E-state index is -3.97. The van der Waals surface area contributed by atoms with Crippen molar-refractivity contribution in [3.63, 3.8) is 0 Å². The molecule has 0 aliphatic carbocycles. The van der Waals surface area contributed by atoms with Crippen LogP contribution < -0.4 is 19.5 Å². The van der Waals surface area contributed by atoms with E-state index in [0.29, 0.717) is 23.6 Å². The highest BCUT2D eigenvalue weighted by molar-refractivity contribution is 7.89. The van der Waals surface area contributed by atoms with Crippen LogP contribution in [-0.4, -0.2) is 39.6 Å². The second-order valence-corrected chi connectivity index (χ2v) is 11.2. The summed E-state index contributed by atoms with van der Waals surface area (Å²) in [5.41, 5.74) is 1.04. The molecule has 178 valence electrons. The number of hydrogen-bond acceptors (Lipinski definition) is 7. The van der Waals surface area contributed by atoms with Crippen molar-refractivity contribution in [3.8, 4) is 11.5 Å². The number of thiazole rings is 1. The van der Waals surface area contributed by atoms with Crippen LogP contribution in [0.15, 0.2) is 35.2 Å². The number of ether oxygens (including phenoxy) is 2. The fraction of sp³-hybridized carbons (Fsp3) is 0.364. The molecule has 33 heavy (non-hydrogen) atoms. The van der Waals surface area contributed by atoms with Gasteiger partial charge < -0.3 is 14.8 Å². The van der Waals surface area contributed by atoms with Gasteiger partial charge in [-0.2, -0.15) is 4.72 Å². The van der Waals surface area contributed by atoms with E-state index in [2.05, 4.69) is 15.0 Å². The van der Waals surface area contributed by atoms with E-state index in [9.17, 15) is 13.2 Å². The molecule has 0 unspecified atom stereocenters. The average Bonchev–Trinajstić information content (AvgIpc) is 3.12. The fourth-order valence-corrected chi connectivity index (χ4v) is 5.72. The third-order valence-electron chi connectivity index (χ3n) is 4.83. The highest BCUT2D eigenvalue weighted by atomic mass is 35.5. The molecule has 2 N–H and O–H groups in total. The predicted molar refractivity (Wildman–Crippen MR) is 131 cm³/mol. The number of hydrogen-bond donors (Lipinski definition) is 2. The van der Waals surface area contributed by atoms with E-state index in [1.54, 1.807) is 18.2 Å². The maximum absolute atomic E-state index is 13.1. The summed E-state index contributed by atoms with van der Waals surface area (Å²) in [5.74, 6) is 0.249. The van der Waals surface area contributed by atoms with Gasteiger partial charge in [0, 0.05) is 6.07 Å². The van der Waals surface area contributed by atoms with Crippen molar-refractivity contribution in [2.75, 3.05) is 19.5 Å². The average molecular weight is 512 g/mol. The SMILES string of the molecule is COc1cc(OC)c(NC(=O)[C@H](CC(C)C)NS(=O)(=O)c2ccc3nc(C)sc3c2)cc1Cl. The van der Waals surface area contributed by atoms with Crippen molar-refractivity contribution in [2.45, 2.75) is 38.1 Å². The van der Waals surface area contributed by atoms with E-state index in [0.717, 1.165) is 15.2 Å². The summed E-state index contributed by atoms with van der Waals surface area (Å²) in [6, 6.07) is 6.75. The molecule has 0 saturated carbocycles. The molecule has 0 aliphatic rings. The number of carbonyl (C=O) groups is 1. The molecule has 8 nitrogen and oxygen atoms in total. The molecule has 0 fully saturated rings. The zero-order chi connectivity index (χ0) is 24.3. The topological polar surface area (TPSA) is 107 Å². The first-order valence-corrected chi connectivity index (χ1v) is 12.8. The van der Waals surface area contributed by atoms with E-state index in [1.165, 1.54) is 37.7 Å². The first-order chi connectivity index (χ1) is 15.5. The van der Waals surface area contributed by atoms with Gasteiger partial charge in [-0.05, 0) is 43.5 Å². The van der Waals surface area contributed by atoms with Crippen molar-refractivity contribution in [1.29, 1.82) is 0 Å². The molecule has 1 aromatic heterocycles. The number of aromatic nitrogens is 1. The monoisotopic (exact) mass is 511 g/mol. The first kappa shape index (κ1) is 25.2. The van der Waals surface area contributed by atoms with E-state index in [1.807, 2.05) is 20.8 Å². The van der Waals surface area contributed by atoms with Crippen LogP contribution in [0.4, 0.5) is 5.69 Å². The number of nitrogens with one attached hydrogen (secondary N) is 2. The number of rotatable bonds is 9. The molecule has 11 heteroatoms. The van der Waals surface area contributed by atoms with Crippen molar-refractivity contribution < 1.29 is 22.7 Å². The van der Waals surface area contributed by atoms with Crippen molar-refractivity contribution in [1.82, 2.24) is 9.71 Å². The number of sulfonamides is 1. The number of amides is 1. The summed E-state index contributed by atoms with van der Waals surface area (Å²) < 4.78 is 40.1. The maximum atomic E-state index is 13.1. The highest BCUT2D eigenvalue weighted by Gasteiger charge is 2.28. The summed E-state index contributed by atoms with van der Waals surface area (Å²) in [5, 5.41) is 3.85. The summed E-state index contributed by atoms with van der Waals surface area (Å²) in [6.45, 7) is 5.68. The molecule has 1 atom stereocenters. The summed E-state index contributed by atoms with van der Waals surface area (Å²) in [6.07, 6.45) is 0.291. The largest absolute Gasteiger partial charge is 0.495 e. The van der Waals surface area contributed by atoms with Crippen molar-refractivity contribution in [3.05, 3.63) is 40.4 Å². The molecule has 1 amide bonds. The highest BCUT2D eigenvalue weighted by Crippen LogP contribution is 2.36. The molecule has 0 saturated heterocycles. The molecule has 3 aromatic rings. The van der Waals surface area contributed by atoms with Crippen LogP contribution in [-0.2, 0) is 14.8 Å². The van der Waals surface area contributed by atoms with Crippen LogP contribution >= 0.6 is 22.9 Å². The van der Waals surface area contributed by atoms with Gasteiger partial charge in [0.1, 0.15) is 17.5 Å². The summed E-state index contributed by atoms with van der Waals surface area (Å²) >= 11 is 7.60. The second-order valence-electron chi connectivity index (χ2n) is 7.84. The third-order valence-corrected chi connectivity index (χ3v) is 7.53. The number of fused-ring (bicyclic) bond motifs is 1. The molecule has 2 aromatic carbocycles. The number of anilines is 1. The van der Waals surface area contributed by atoms with Gasteiger partial charge in [0.05, 0.1) is 45.0 Å². The minimum Gasteiger partial charge on any atom is -0.495 e. The fourth-order valence-electron chi connectivity index (χ4n) is 3.30. The van der Waals surface area contributed by atoms with E-state index in [-0.39, 0.29) is 15.8 Å². The van der Waals surface area contributed by atoms with Crippen LogP contribution in [0.25, 0.3) is 10.2 Å². The van der Waals surface area contributed by atoms with E-state index < -0.39 is 22.0 Å². The number of nitrogens with zero attached hydrogens (tertiary/aromatic N) is 1. The lowest BCUT2D eigenvalue weighted by atomic mass is 10.0.